The van der Waals surface area contributed by atoms with Crippen molar-refractivity contribution in [3.63, 3.8) is 0 Å². The second kappa shape index (κ2) is 13.5. The van der Waals surface area contributed by atoms with Crippen molar-refractivity contribution < 1.29 is 14.3 Å². The van der Waals surface area contributed by atoms with Gasteiger partial charge < -0.3 is 15.0 Å². The van der Waals surface area contributed by atoms with E-state index in [1.54, 1.807) is 11.0 Å². The molecule has 1 aliphatic carbocycles. The molecule has 0 aromatic heterocycles. The van der Waals surface area contributed by atoms with Crippen LogP contribution in [0, 0.1) is 13.8 Å². The Kier molecular flexibility index (Phi) is 9.83. The minimum absolute atomic E-state index is 0.132. The van der Waals surface area contributed by atoms with Crippen LogP contribution in [0.15, 0.2) is 72.8 Å². The third kappa shape index (κ3) is 7.84. The maximum Gasteiger partial charge on any atom is 0.261 e. The van der Waals surface area contributed by atoms with Crippen LogP contribution >= 0.6 is 11.6 Å². The molecule has 0 saturated heterocycles. The molecule has 200 valence electrons. The number of halogens is 1. The second-order valence-electron chi connectivity index (χ2n) is 10.3. The number of carbonyl (C=O) groups excluding carboxylic acids is 2. The Balaban J connectivity index is 1.62. The van der Waals surface area contributed by atoms with Crippen molar-refractivity contribution in [1.29, 1.82) is 0 Å². The number of nitrogens with one attached hydrogen (secondary N) is 1. The van der Waals surface area contributed by atoms with Crippen LogP contribution in [0.3, 0.4) is 0 Å². The number of hydrogen-bond acceptors (Lipinski definition) is 3. The number of ether oxygens (including phenoxy) is 1. The SMILES string of the molecule is Cc1cc(C)cc(OCC(=O)N(Cc2ccccc2Cl)[C@@H](Cc2ccccc2)C(=O)NC2CCCCC2)c1. The fourth-order valence-electron chi connectivity index (χ4n) is 5.15. The number of benzene rings is 3. The molecule has 4 rings (SSSR count). The van der Waals surface area contributed by atoms with Gasteiger partial charge in [0.15, 0.2) is 6.61 Å². The molecule has 1 aliphatic rings. The third-order valence-corrected chi connectivity index (χ3v) is 7.45. The van der Waals surface area contributed by atoms with Crippen molar-refractivity contribution in [2.45, 2.75) is 71.0 Å². The highest BCUT2D eigenvalue weighted by atomic mass is 35.5. The van der Waals surface area contributed by atoms with Crippen molar-refractivity contribution in [2.24, 2.45) is 0 Å². The molecule has 0 heterocycles. The standard InChI is InChI=1S/C32H37ClN2O3/c1-23-17-24(2)19-28(18-23)38-22-31(36)35(21-26-13-9-10-16-29(26)33)30(20-25-11-5-3-6-12-25)32(37)34-27-14-7-4-8-15-27/h3,5-6,9-13,16-19,27,30H,4,7-8,14-15,20-22H2,1-2H3,(H,34,37)/t30-/m0/s1. The lowest BCUT2D eigenvalue weighted by molar-refractivity contribution is -0.143. The van der Waals surface area contributed by atoms with E-state index in [1.165, 1.54) is 6.42 Å². The Hall–Kier alpha value is -3.31. The fraction of sp³-hybridized carbons (Fsp3) is 0.375. The number of carbonyl (C=O) groups is 2. The molecule has 1 N–H and O–H groups in total. The van der Waals surface area contributed by atoms with E-state index in [-0.39, 0.29) is 31.0 Å². The van der Waals surface area contributed by atoms with Gasteiger partial charge >= 0.3 is 0 Å². The molecule has 5 nitrogen and oxygen atoms in total. The first kappa shape index (κ1) is 27.7. The highest BCUT2D eigenvalue weighted by molar-refractivity contribution is 6.31. The summed E-state index contributed by atoms with van der Waals surface area (Å²) in [5.74, 6) is 0.246. The third-order valence-electron chi connectivity index (χ3n) is 7.08. The molecule has 6 heteroatoms. The van der Waals surface area contributed by atoms with Crippen LogP contribution in [0.2, 0.25) is 5.02 Å². The zero-order valence-electron chi connectivity index (χ0n) is 22.3. The van der Waals surface area contributed by atoms with Crippen molar-refractivity contribution >= 4 is 23.4 Å². The van der Waals surface area contributed by atoms with E-state index in [9.17, 15) is 9.59 Å². The quantitative estimate of drug-likeness (QED) is 0.327. The predicted octanol–water partition coefficient (Wildman–Crippen LogP) is 6.42. The lowest BCUT2D eigenvalue weighted by atomic mass is 9.94. The molecule has 3 aromatic rings. The average Bonchev–Trinajstić information content (AvgIpc) is 2.91. The summed E-state index contributed by atoms with van der Waals surface area (Å²) in [4.78, 5) is 29.3. The monoisotopic (exact) mass is 532 g/mol. The van der Waals surface area contributed by atoms with E-state index in [0.717, 1.165) is 47.9 Å². The van der Waals surface area contributed by atoms with Crippen LogP contribution in [-0.4, -0.2) is 35.4 Å². The lowest BCUT2D eigenvalue weighted by Crippen LogP contribution is -2.53. The molecular formula is C32H37ClN2O3. The van der Waals surface area contributed by atoms with Crippen LogP contribution < -0.4 is 10.1 Å². The normalized spacial score (nSPS) is 14.5. The first-order chi connectivity index (χ1) is 18.4. The summed E-state index contributed by atoms with van der Waals surface area (Å²) < 4.78 is 5.95. The minimum Gasteiger partial charge on any atom is -0.484 e. The highest BCUT2D eigenvalue weighted by Gasteiger charge is 2.32. The number of amides is 2. The molecule has 1 saturated carbocycles. The molecule has 3 aromatic carbocycles. The number of hydrogen-bond donors (Lipinski definition) is 1. The van der Waals surface area contributed by atoms with Crippen molar-refractivity contribution in [2.75, 3.05) is 6.61 Å². The van der Waals surface area contributed by atoms with Gasteiger partial charge in [-0.15, -0.1) is 0 Å². The largest absolute Gasteiger partial charge is 0.484 e. The zero-order valence-corrected chi connectivity index (χ0v) is 23.0. The van der Waals surface area contributed by atoms with E-state index in [2.05, 4.69) is 11.4 Å². The minimum atomic E-state index is -0.703. The molecule has 38 heavy (non-hydrogen) atoms. The van der Waals surface area contributed by atoms with Gasteiger partial charge in [0.05, 0.1) is 0 Å². The first-order valence-electron chi connectivity index (χ1n) is 13.5. The van der Waals surface area contributed by atoms with Gasteiger partial charge in [0.2, 0.25) is 5.91 Å². The molecule has 0 spiro atoms. The summed E-state index contributed by atoms with van der Waals surface area (Å²) in [5.41, 5.74) is 3.91. The number of rotatable bonds is 10. The van der Waals surface area contributed by atoms with Gasteiger partial charge in [-0.25, -0.2) is 0 Å². The molecule has 1 fully saturated rings. The van der Waals surface area contributed by atoms with Crippen LogP contribution in [-0.2, 0) is 22.6 Å². The molecule has 0 bridgehead atoms. The fourth-order valence-corrected chi connectivity index (χ4v) is 5.35. The maximum absolute atomic E-state index is 13.8. The maximum atomic E-state index is 13.8. The van der Waals surface area contributed by atoms with E-state index >= 15 is 0 Å². The van der Waals surface area contributed by atoms with Crippen LogP contribution in [0.4, 0.5) is 0 Å². The summed E-state index contributed by atoms with van der Waals surface area (Å²) in [6, 6.07) is 22.6. The van der Waals surface area contributed by atoms with Gasteiger partial charge in [0.25, 0.3) is 5.91 Å². The predicted molar refractivity (Wildman–Crippen MR) is 152 cm³/mol. The Morgan fingerprint density at radius 1 is 0.947 bits per heavy atom. The molecule has 0 aliphatic heterocycles. The summed E-state index contributed by atoms with van der Waals surface area (Å²) in [6.45, 7) is 4.04. The smallest absolute Gasteiger partial charge is 0.261 e. The average molecular weight is 533 g/mol. The topological polar surface area (TPSA) is 58.6 Å². The molecule has 0 unspecified atom stereocenters. The van der Waals surface area contributed by atoms with Crippen molar-refractivity contribution in [1.82, 2.24) is 10.2 Å². The van der Waals surface area contributed by atoms with Crippen LogP contribution in [0.5, 0.6) is 5.75 Å². The Morgan fingerprint density at radius 2 is 1.61 bits per heavy atom. The van der Waals surface area contributed by atoms with E-state index in [4.69, 9.17) is 16.3 Å². The first-order valence-corrected chi connectivity index (χ1v) is 13.8. The number of aryl methyl sites for hydroxylation is 2. The van der Waals surface area contributed by atoms with Gasteiger partial charge in [-0.2, -0.15) is 0 Å². The van der Waals surface area contributed by atoms with Crippen LogP contribution in [0.25, 0.3) is 0 Å². The molecule has 0 radical (unpaired) electrons. The van der Waals surface area contributed by atoms with Gasteiger partial charge in [-0.05, 0) is 67.1 Å². The lowest BCUT2D eigenvalue weighted by Gasteiger charge is -2.33. The Labute approximate surface area is 231 Å². The summed E-state index contributed by atoms with van der Waals surface area (Å²) in [7, 11) is 0. The van der Waals surface area contributed by atoms with Gasteiger partial charge in [0, 0.05) is 24.0 Å². The van der Waals surface area contributed by atoms with E-state index in [0.29, 0.717) is 17.2 Å². The zero-order chi connectivity index (χ0) is 26.9. The summed E-state index contributed by atoms with van der Waals surface area (Å²) in [6.07, 6.45) is 5.77. The van der Waals surface area contributed by atoms with Gasteiger partial charge in [-0.1, -0.05) is 85.5 Å². The van der Waals surface area contributed by atoms with Crippen molar-refractivity contribution in [3.05, 3.63) is 100 Å². The molecule has 2 amide bonds. The molecular weight excluding hydrogens is 496 g/mol. The summed E-state index contributed by atoms with van der Waals surface area (Å²) in [5, 5.41) is 3.82. The van der Waals surface area contributed by atoms with Gasteiger partial charge in [-0.3, -0.25) is 9.59 Å². The second-order valence-corrected chi connectivity index (χ2v) is 10.7. The summed E-state index contributed by atoms with van der Waals surface area (Å²) >= 11 is 6.51. The van der Waals surface area contributed by atoms with E-state index in [1.807, 2.05) is 74.5 Å². The number of nitrogens with zero attached hydrogens (tertiary/aromatic N) is 1. The highest BCUT2D eigenvalue weighted by Crippen LogP contribution is 2.23. The molecule has 1 atom stereocenters. The van der Waals surface area contributed by atoms with E-state index < -0.39 is 6.04 Å². The Bertz CT molecular complexity index is 1200. The van der Waals surface area contributed by atoms with Crippen molar-refractivity contribution in [3.8, 4) is 5.75 Å². The van der Waals surface area contributed by atoms with Gasteiger partial charge in [0.1, 0.15) is 11.8 Å². The van der Waals surface area contributed by atoms with Crippen LogP contribution in [0.1, 0.15) is 54.4 Å². The Morgan fingerprint density at radius 3 is 2.29 bits per heavy atom.